The van der Waals surface area contributed by atoms with Gasteiger partial charge in [0, 0.05) is 25.8 Å². The van der Waals surface area contributed by atoms with Crippen LogP contribution in [0.15, 0.2) is 12.3 Å². The first kappa shape index (κ1) is 10.2. The summed E-state index contributed by atoms with van der Waals surface area (Å²) in [5, 5.41) is 3.13. The van der Waals surface area contributed by atoms with Crippen LogP contribution in [-0.4, -0.2) is 29.6 Å². The highest BCUT2D eigenvalue weighted by Crippen LogP contribution is 2.21. The van der Waals surface area contributed by atoms with Gasteiger partial charge in [0.1, 0.15) is 5.82 Å². The van der Waals surface area contributed by atoms with Crippen molar-refractivity contribution in [1.29, 1.82) is 0 Å². The normalized spacial score (nSPS) is 20.7. The van der Waals surface area contributed by atoms with Crippen LogP contribution in [0.4, 0.5) is 11.8 Å². The summed E-state index contributed by atoms with van der Waals surface area (Å²) in [6.07, 6.45) is 3.09. The molecule has 2 rings (SSSR count). The fourth-order valence-electron chi connectivity index (χ4n) is 1.91. The highest BCUT2D eigenvalue weighted by Gasteiger charge is 2.19. The minimum Gasteiger partial charge on any atom is -0.356 e. The number of nitrogens with zero attached hydrogens (tertiary/aromatic N) is 3. The first-order valence-corrected chi connectivity index (χ1v) is 5.61. The lowest BCUT2D eigenvalue weighted by molar-refractivity contribution is 0.659. The van der Waals surface area contributed by atoms with Gasteiger partial charge in [-0.05, 0) is 25.3 Å². The summed E-state index contributed by atoms with van der Waals surface area (Å²) in [5.41, 5.74) is 0. The standard InChI is InChI=1S/C11H18N4/c1-3-12-11-13-6-4-10(14-11)15-7-5-9(2)8-15/h4,6,9H,3,5,7-8H2,1-2H3,(H,12,13,14). The zero-order valence-electron chi connectivity index (χ0n) is 9.40. The summed E-state index contributed by atoms with van der Waals surface area (Å²) in [6.45, 7) is 7.42. The maximum atomic E-state index is 4.48. The van der Waals surface area contributed by atoms with Crippen molar-refractivity contribution in [1.82, 2.24) is 9.97 Å². The number of aromatic nitrogens is 2. The summed E-state index contributed by atoms with van der Waals surface area (Å²) in [5.74, 6) is 2.56. The molecule has 1 aliphatic heterocycles. The fraction of sp³-hybridized carbons (Fsp3) is 0.636. The van der Waals surface area contributed by atoms with Gasteiger partial charge in [-0.1, -0.05) is 6.92 Å². The molecule has 1 saturated heterocycles. The van der Waals surface area contributed by atoms with Crippen molar-refractivity contribution >= 4 is 11.8 Å². The van der Waals surface area contributed by atoms with Gasteiger partial charge in [0.25, 0.3) is 0 Å². The second kappa shape index (κ2) is 4.47. The third kappa shape index (κ3) is 2.37. The van der Waals surface area contributed by atoms with Gasteiger partial charge in [-0.3, -0.25) is 0 Å². The highest BCUT2D eigenvalue weighted by atomic mass is 15.2. The average Bonchev–Trinajstić information content (AvgIpc) is 2.66. The SMILES string of the molecule is CCNc1nccc(N2CCC(C)C2)n1. The molecular weight excluding hydrogens is 188 g/mol. The Morgan fingerprint density at radius 1 is 1.60 bits per heavy atom. The van der Waals surface area contributed by atoms with E-state index in [2.05, 4.69) is 27.1 Å². The third-order valence-corrected chi connectivity index (χ3v) is 2.72. The molecule has 0 spiro atoms. The Balaban J connectivity index is 2.10. The molecule has 4 nitrogen and oxygen atoms in total. The lowest BCUT2D eigenvalue weighted by atomic mass is 10.2. The monoisotopic (exact) mass is 206 g/mol. The Hall–Kier alpha value is -1.32. The van der Waals surface area contributed by atoms with Gasteiger partial charge in [-0.25, -0.2) is 4.98 Å². The zero-order chi connectivity index (χ0) is 10.7. The van der Waals surface area contributed by atoms with Crippen molar-refractivity contribution < 1.29 is 0 Å². The lowest BCUT2D eigenvalue weighted by Crippen LogP contribution is -2.20. The predicted octanol–water partition coefficient (Wildman–Crippen LogP) is 1.75. The van der Waals surface area contributed by atoms with Gasteiger partial charge >= 0.3 is 0 Å². The third-order valence-electron chi connectivity index (χ3n) is 2.72. The molecule has 0 saturated carbocycles. The summed E-state index contributed by atoms with van der Waals surface area (Å²) in [7, 11) is 0. The molecular formula is C11H18N4. The Morgan fingerprint density at radius 3 is 3.13 bits per heavy atom. The molecule has 0 radical (unpaired) electrons. The minimum absolute atomic E-state index is 0.731. The maximum absolute atomic E-state index is 4.48. The van der Waals surface area contributed by atoms with E-state index in [1.165, 1.54) is 6.42 Å². The molecule has 0 amide bonds. The molecule has 1 aromatic heterocycles. The fourth-order valence-corrected chi connectivity index (χ4v) is 1.91. The second-order valence-corrected chi connectivity index (χ2v) is 4.11. The zero-order valence-corrected chi connectivity index (χ0v) is 9.40. The molecule has 0 aromatic carbocycles. The van der Waals surface area contributed by atoms with E-state index >= 15 is 0 Å². The van der Waals surface area contributed by atoms with E-state index in [1.807, 2.05) is 19.2 Å². The Kier molecular flexibility index (Phi) is 3.04. The first-order valence-electron chi connectivity index (χ1n) is 5.61. The van der Waals surface area contributed by atoms with E-state index in [9.17, 15) is 0 Å². The molecule has 1 aliphatic rings. The molecule has 1 fully saturated rings. The lowest BCUT2D eigenvalue weighted by Gasteiger charge is -2.17. The molecule has 1 atom stereocenters. The van der Waals surface area contributed by atoms with Crippen molar-refractivity contribution in [3.63, 3.8) is 0 Å². The van der Waals surface area contributed by atoms with E-state index in [1.54, 1.807) is 0 Å². The smallest absolute Gasteiger partial charge is 0.224 e. The van der Waals surface area contributed by atoms with Gasteiger partial charge in [0.05, 0.1) is 0 Å². The number of hydrogen-bond donors (Lipinski definition) is 1. The summed E-state index contributed by atoms with van der Waals surface area (Å²) in [4.78, 5) is 11.0. The van der Waals surface area contributed by atoms with Crippen LogP contribution in [0, 0.1) is 5.92 Å². The van der Waals surface area contributed by atoms with Gasteiger partial charge in [0.15, 0.2) is 0 Å². The van der Waals surface area contributed by atoms with Crippen molar-refractivity contribution in [3.05, 3.63) is 12.3 Å². The topological polar surface area (TPSA) is 41.1 Å². The molecule has 1 N–H and O–H groups in total. The van der Waals surface area contributed by atoms with Crippen molar-refractivity contribution in [2.45, 2.75) is 20.3 Å². The molecule has 0 aliphatic carbocycles. The molecule has 1 unspecified atom stereocenters. The van der Waals surface area contributed by atoms with Gasteiger partial charge < -0.3 is 10.2 Å². The predicted molar refractivity (Wildman–Crippen MR) is 62.2 cm³/mol. The summed E-state index contributed by atoms with van der Waals surface area (Å²) in [6, 6.07) is 1.98. The second-order valence-electron chi connectivity index (χ2n) is 4.11. The van der Waals surface area contributed by atoms with E-state index in [-0.39, 0.29) is 0 Å². The van der Waals surface area contributed by atoms with Crippen molar-refractivity contribution in [2.24, 2.45) is 5.92 Å². The average molecular weight is 206 g/mol. The summed E-state index contributed by atoms with van der Waals surface area (Å²) < 4.78 is 0. The minimum atomic E-state index is 0.731. The Morgan fingerprint density at radius 2 is 2.47 bits per heavy atom. The number of nitrogens with one attached hydrogen (secondary N) is 1. The number of anilines is 2. The van der Waals surface area contributed by atoms with E-state index in [0.29, 0.717) is 0 Å². The van der Waals surface area contributed by atoms with Crippen LogP contribution in [-0.2, 0) is 0 Å². The van der Waals surface area contributed by atoms with E-state index in [0.717, 1.165) is 37.3 Å². The van der Waals surface area contributed by atoms with Gasteiger partial charge in [0.2, 0.25) is 5.95 Å². The summed E-state index contributed by atoms with van der Waals surface area (Å²) >= 11 is 0. The van der Waals surface area contributed by atoms with Crippen LogP contribution in [0.3, 0.4) is 0 Å². The Labute approximate surface area is 90.7 Å². The number of rotatable bonds is 3. The van der Waals surface area contributed by atoms with Crippen LogP contribution in [0.1, 0.15) is 20.3 Å². The first-order chi connectivity index (χ1) is 7.29. The van der Waals surface area contributed by atoms with Crippen molar-refractivity contribution in [3.8, 4) is 0 Å². The molecule has 82 valence electrons. The van der Waals surface area contributed by atoms with Gasteiger partial charge in [-0.15, -0.1) is 0 Å². The van der Waals surface area contributed by atoms with Crippen LogP contribution in [0.5, 0.6) is 0 Å². The largest absolute Gasteiger partial charge is 0.356 e. The van der Waals surface area contributed by atoms with E-state index in [4.69, 9.17) is 0 Å². The Bertz CT molecular complexity index is 326. The quantitative estimate of drug-likeness (QED) is 0.818. The van der Waals surface area contributed by atoms with Crippen LogP contribution >= 0.6 is 0 Å². The van der Waals surface area contributed by atoms with E-state index < -0.39 is 0 Å². The molecule has 15 heavy (non-hydrogen) atoms. The number of hydrogen-bond acceptors (Lipinski definition) is 4. The van der Waals surface area contributed by atoms with Crippen LogP contribution in [0.25, 0.3) is 0 Å². The molecule has 1 aromatic rings. The molecule has 2 heterocycles. The maximum Gasteiger partial charge on any atom is 0.224 e. The van der Waals surface area contributed by atoms with Crippen molar-refractivity contribution in [2.75, 3.05) is 29.9 Å². The molecule has 4 heteroatoms. The van der Waals surface area contributed by atoms with Crippen LogP contribution < -0.4 is 10.2 Å². The highest BCUT2D eigenvalue weighted by molar-refractivity contribution is 5.43. The van der Waals surface area contributed by atoms with Gasteiger partial charge in [-0.2, -0.15) is 4.98 Å². The van der Waals surface area contributed by atoms with Crippen LogP contribution in [0.2, 0.25) is 0 Å². The molecule has 0 bridgehead atoms.